The van der Waals surface area contributed by atoms with E-state index in [1.54, 1.807) is 34.4 Å². The first kappa shape index (κ1) is 20.2. The molecule has 29 heavy (non-hydrogen) atoms. The van der Waals surface area contributed by atoms with Gasteiger partial charge < -0.3 is 14.2 Å². The number of hydrogen-bond donors (Lipinski definition) is 0. The molecule has 0 aliphatic carbocycles. The summed E-state index contributed by atoms with van der Waals surface area (Å²) >= 11 is 13.6. The maximum atomic E-state index is 12.4. The van der Waals surface area contributed by atoms with Crippen molar-refractivity contribution in [2.24, 2.45) is 0 Å². The highest BCUT2D eigenvalue weighted by molar-refractivity contribution is 7.13. The molecule has 152 valence electrons. The zero-order valence-electron chi connectivity index (χ0n) is 15.4. The minimum atomic E-state index is -0.0848. The largest absolute Gasteiger partial charge is 0.482 e. The third-order valence-electron chi connectivity index (χ3n) is 4.54. The van der Waals surface area contributed by atoms with Gasteiger partial charge in [-0.1, -0.05) is 34.4 Å². The van der Waals surface area contributed by atoms with Gasteiger partial charge in [0, 0.05) is 37.3 Å². The number of rotatable bonds is 6. The van der Waals surface area contributed by atoms with Crippen molar-refractivity contribution in [3.8, 4) is 16.5 Å². The molecule has 0 N–H and O–H groups in total. The molecule has 10 heteroatoms. The van der Waals surface area contributed by atoms with Gasteiger partial charge in [0.05, 0.1) is 16.4 Å². The Balaban J connectivity index is 1.25. The molecule has 1 aliphatic heterocycles. The van der Waals surface area contributed by atoms with Crippen molar-refractivity contribution in [2.75, 3.05) is 32.8 Å². The number of benzene rings is 1. The summed E-state index contributed by atoms with van der Waals surface area (Å²) in [4.78, 5) is 21.8. The Morgan fingerprint density at radius 2 is 2.03 bits per heavy atom. The van der Waals surface area contributed by atoms with E-state index in [0.717, 1.165) is 18.0 Å². The number of nitrogens with zero attached hydrogens (tertiary/aromatic N) is 4. The third-order valence-corrected chi connectivity index (χ3v) is 5.95. The number of ether oxygens (including phenoxy) is 1. The fraction of sp³-hybridized carbons (Fsp3) is 0.316. The third kappa shape index (κ3) is 5.08. The molecule has 0 atom stereocenters. The van der Waals surface area contributed by atoms with Crippen LogP contribution in [0, 0.1) is 0 Å². The van der Waals surface area contributed by atoms with Crippen LogP contribution in [0.25, 0.3) is 10.7 Å². The summed E-state index contributed by atoms with van der Waals surface area (Å²) in [5, 5.41) is 6.94. The van der Waals surface area contributed by atoms with Crippen LogP contribution in [-0.4, -0.2) is 58.6 Å². The lowest BCUT2D eigenvalue weighted by Crippen LogP contribution is -2.49. The van der Waals surface area contributed by atoms with Gasteiger partial charge in [-0.2, -0.15) is 4.98 Å². The number of piperazine rings is 1. The lowest BCUT2D eigenvalue weighted by atomic mass is 10.3. The number of carbonyl (C=O) groups is 1. The second-order valence-corrected chi connectivity index (χ2v) is 8.30. The summed E-state index contributed by atoms with van der Waals surface area (Å²) in [6.45, 7) is 3.15. The van der Waals surface area contributed by atoms with Gasteiger partial charge in [-0.3, -0.25) is 9.69 Å². The van der Waals surface area contributed by atoms with E-state index in [1.165, 1.54) is 0 Å². The molecule has 7 nitrogen and oxygen atoms in total. The zero-order valence-corrected chi connectivity index (χ0v) is 17.7. The molecule has 0 bridgehead atoms. The highest BCUT2D eigenvalue weighted by Gasteiger charge is 2.23. The molecule has 3 heterocycles. The molecule has 4 rings (SSSR count). The number of hydrogen-bond acceptors (Lipinski definition) is 7. The van der Waals surface area contributed by atoms with Crippen LogP contribution in [0.3, 0.4) is 0 Å². The van der Waals surface area contributed by atoms with Crippen LogP contribution >= 0.6 is 34.5 Å². The number of aromatic nitrogens is 2. The molecule has 0 unspecified atom stereocenters. The normalized spacial score (nSPS) is 14.9. The monoisotopic (exact) mass is 452 g/mol. The number of halogens is 2. The summed E-state index contributed by atoms with van der Waals surface area (Å²) in [5.41, 5.74) is 0. The molecule has 3 aromatic rings. The minimum absolute atomic E-state index is 0.0755. The summed E-state index contributed by atoms with van der Waals surface area (Å²) < 4.78 is 10.9. The molecule has 1 amide bonds. The molecule has 0 radical (unpaired) electrons. The SMILES string of the molecule is O=C(COc1cc(Cl)ccc1Cl)N1CCN(Cc2nc(-c3cccs3)no2)CC1. The maximum absolute atomic E-state index is 12.4. The van der Waals surface area contributed by atoms with E-state index in [-0.39, 0.29) is 12.5 Å². The van der Waals surface area contributed by atoms with E-state index in [4.69, 9.17) is 32.5 Å². The van der Waals surface area contributed by atoms with Gasteiger partial charge in [-0.25, -0.2) is 0 Å². The van der Waals surface area contributed by atoms with E-state index in [9.17, 15) is 4.79 Å². The van der Waals surface area contributed by atoms with Gasteiger partial charge in [-0.05, 0) is 23.6 Å². The Morgan fingerprint density at radius 3 is 2.79 bits per heavy atom. The van der Waals surface area contributed by atoms with Crippen molar-refractivity contribution in [3.05, 3.63) is 51.6 Å². The van der Waals surface area contributed by atoms with Gasteiger partial charge >= 0.3 is 0 Å². The zero-order chi connectivity index (χ0) is 20.2. The topological polar surface area (TPSA) is 71.7 Å². The Labute approximate surface area is 181 Å². The fourth-order valence-electron chi connectivity index (χ4n) is 2.99. The fourth-order valence-corrected chi connectivity index (χ4v) is 3.97. The van der Waals surface area contributed by atoms with Gasteiger partial charge in [-0.15, -0.1) is 11.3 Å². The average molecular weight is 453 g/mol. The number of carbonyl (C=O) groups excluding carboxylic acids is 1. The van der Waals surface area contributed by atoms with E-state index in [0.29, 0.717) is 47.1 Å². The van der Waals surface area contributed by atoms with Crippen LogP contribution in [0.4, 0.5) is 0 Å². The predicted molar refractivity (Wildman–Crippen MR) is 111 cm³/mol. The molecule has 1 aromatic carbocycles. The van der Waals surface area contributed by atoms with Crippen molar-refractivity contribution in [1.82, 2.24) is 19.9 Å². The van der Waals surface area contributed by atoms with Crippen LogP contribution in [0.5, 0.6) is 5.75 Å². The second-order valence-electron chi connectivity index (χ2n) is 6.51. The Kier molecular flexibility index (Phi) is 6.34. The minimum Gasteiger partial charge on any atom is -0.482 e. The van der Waals surface area contributed by atoms with E-state index < -0.39 is 0 Å². The standard InChI is InChI=1S/C19H18Cl2N4O3S/c20-13-3-4-14(21)15(10-13)27-12-18(26)25-7-5-24(6-8-25)11-17-22-19(23-28-17)16-2-1-9-29-16/h1-4,9-10H,5-8,11-12H2. The lowest BCUT2D eigenvalue weighted by Gasteiger charge is -2.33. The van der Waals surface area contributed by atoms with Crippen LogP contribution < -0.4 is 4.74 Å². The van der Waals surface area contributed by atoms with E-state index in [2.05, 4.69) is 15.0 Å². The first-order chi connectivity index (χ1) is 14.1. The number of amides is 1. The molecule has 0 saturated carbocycles. The predicted octanol–water partition coefficient (Wildman–Crippen LogP) is 3.83. The highest BCUT2D eigenvalue weighted by Crippen LogP contribution is 2.27. The lowest BCUT2D eigenvalue weighted by molar-refractivity contribution is -0.135. The summed E-state index contributed by atoms with van der Waals surface area (Å²) in [7, 11) is 0. The second kappa shape index (κ2) is 9.13. The van der Waals surface area contributed by atoms with Crippen LogP contribution in [0.2, 0.25) is 10.0 Å². The Hall–Kier alpha value is -2.13. The van der Waals surface area contributed by atoms with Crippen LogP contribution in [0.15, 0.2) is 40.2 Å². The molecule has 1 aliphatic rings. The molecular weight excluding hydrogens is 435 g/mol. The van der Waals surface area contributed by atoms with Crippen molar-refractivity contribution >= 4 is 40.4 Å². The summed E-state index contributed by atoms with van der Waals surface area (Å²) in [6, 6.07) is 8.83. The first-order valence-corrected chi connectivity index (χ1v) is 10.7. The highest BCUT2D eigenvalue weighted by atomic mass is 35.5. The summed E-state index contributed by atoms with van der Waals surface area (Å²) in [6.07, 6.45) is 0. The first-order valence-electron chi connectivity index (χ1n) is 9.03. The van der Waals surface area contributed by atoms with Crippen molar-refractivity contribution in [1.29, 1.82) is 0 Å². The van der Waals surface area contributed by atoms with Gasteiger partial charge in [0.15, 0.2) is 6.61 Å². The molecular formula is C19H18Cl2N4O3S. The van der Waals surface area contributed by atoms with Gasteiger partial charge in [0.25, 0.3) is 5.91 Å². The van der Waals surface area contributed by atoms with Crippen molar-refractivity contribution in [2.45, 2.75) is 6.54 Å². The van der Waals surface area contributed by atoms with E-state index >= 15 is 0 Å². The smallest absolute Gasteiger partial charge is 0.260 e. The molecule has 1 fully saturated rings. The van der Waals surface area contributed by atoms with Crippen LogP contribution in [-0.2, 0) is 11.3 Å². The van der Waals surface area contributed by atoms with Gasteiger partial charge in [0.1, 0.15) is 5.75 Å². The molecule has 0 spiro atoms. The van der Waals surface area contributed by atoms with Gasteiger partial charge in [0.2, 0.25) is 11.7 Å². The van der Waals surface area contributed by atoms with E-state index in [1.807, 2.05) is 17.5 Å². The summed E-state index contributed by atoms with van der Waals surface area (Å²) in [5.74, 6) is 1.51. The van der Waals surface area contributed by atoms with Crippen molar-refractivity contribution < 1.29 is 14.1 Å². The quantitative estimate of drug-likeness (QED) is 0.565. The molecule has 1 saturated heterocycles. The number of thiophene rings is 1. The molecule has 2 aromatic heterocycles. The Morgan fingerprint density at radius 1 is 1.21 bits per heavy atom. The van der Waals surface area contributed by atoms with Crippen molar-refractivity contribution in [3.63, 3.8) is 0 Å². The van der Waals surface area contributed by atoms with Crippen LogP contribution in [0.1, 0.15) is 5.89 Å². The Bertz CT molecular complexity index is 972. The maximum Gasteiger partial charge on any atom is 0.260 e. The average Bonchev–Trinajstić information content (AvgIpc) is 3.41.